The summed E-state index contributed by atoms with van der Waals surface area (Å²) in [5, 5.41) is 3.82. The Balaban J connectivity index is 1.77. The summed E-state index contributed by atoms with van der Waals surface area (Å²) in [6.07, 6.45) is 1.63. The topological polar surface area (TPSA) is 60.4 Å². The zero-order valence-electron chi connectivity index (χ0n) is 14.1. The normalized spacial score (nSPS) is 11.8. The first kappa shape index (κ1) is 17.1. The quantitative estimate of drug-likeness (QED) is 0.493. The molecule has 2 aromatic heterocycles. The van der Waals surface area contributed by atoms with E-state index < -0.39 is 5.91 Å². The van der Waals surface area contributed by atoms with Crippen molar-refractivity contribution < 1.29 is 13.7 Å². The number of carbonyl (C=O) groups is 1. The molecule has 0 fully saturated rings. The summed E-state index contributed by atoms with van der Waals surface area (Å²) in [4.78, 5) is 17.1. The van der Waals surface area contributed by atoms with E-state index in [1.54, 1.807) is 28.8 Å². The van der Waals surface area contributed by atoms with Gasteiger partial charge in [0.25, 0.3) is 0 Å². The number of para-hydroxylation sites is 1. The number of allylic oxidation sites excluding steroid dienone is 1. The second kappa shape index (κ2) is 7.13. The summed E-state index contributed by atoms with van der Waals surface area (Å²) in [6, 6.07) is 15.7. The first-order valence-corrected chi connectivity index (χ1v) is 8.99. The van der Waals surface area contributed by atoms with Gasteiger partial charge in [0, 0.05) is 18.2 Å². The number of thiazole rings is 1. The number of benzene rings is 2. The molecule has 0 saturated carbocycles. The van der Waals surface area contributed by atoms with Crippen LogP contribution in [0.2, 0.25) is 0 Å². The number of aromatic nitrogens is 2. The molecule has 0 spiro atoms. The van der Waals surface area contributed by atoms with Gasteiger partial charge >= 0.3 is 5.91 Å². The third-order valence-electron chi connectivity index (χ3n) is 3.95. The van der Waals surface area contributed by atoms with Crippen molar-refractivity contribution in [2.45, 2.75) is 6.54 Å². The van der Waals surface area contributed by atoms with Crippen LogP contribution >= 0.6 is 11.3 Å². The van der Waals surface area contributed by atoms with E-state index in [4.69, 9.17) is 4.52 Å². The first-order valence-electron chi connectivity index (χ1n) is 8.17. The maximum absolute atomic E-state index is 14.2. The first-order chi connectivity index (χ1) is 13.2. The molecule has 0 unspecified atom stereocenters. The SMILES string of the molecule is C=CCn1c(=NC(=O)c2cc(-c3ccccc3)on2)sc2cccc(F)c21. The highest BCUT2D eigenvalue weighted by molar-refractivity contribution is 7.16. The average Bonchev–Trinajstić information content (AvgIpc) is 3.29. The minimum absolute atomic E-state index is 0.0944. The van der Waals surface area contributed by atoms with Crippen LogP contribution in [0.15, 0.2) is 76.8 Å². The Hall–Kier alpha value is -3.32. The van der Waals surface area contributed by atoms with E-state index in [0.717, 1.165) is 5.56 Å². The van der Waals surface area contributed by atoms with Gasteiger partial charge in [0.05, 0.1) is 10.2 Å². The third-order valence-corrected chi connectivity index (χ3v) is 4.99. The van der Waals surface area contributed by atoms with Crippen LogP contribution < -0.4 is 4.80 Å². The number of fused-ring (bicyclic) bond motifs is 1. The molecule has 5 nitrogen and oxygen atoms in total. The Labute approximate surface area is 157 Å². The minimum Gasteiger partial charge on any atom is -0.355 e. The van der Waals surface area contributed by atoms with E-state index in [2.05, 4.69) is 16.7 Å². The van der Waals surface area contributed by atoms with E-state index in [0.29, 0.717) is 27.3 Å². The van der Waals surface area contributed by atoms with Gasteiger partial charge in [-0.15, -0.1) is 6.58 Å². The lowest BCUT2D eigenvalue weighted by Gasteiger charge is -2.01. The predicted octanol–water partition coefficient (Wildman–Crippen LogP) is 4.42. The molecular formula is C20H14FN3O2S. The molecule has 0 atom stereocenters. The molecule has 4 rings (SSSR count). The fourth-order valence-corrected chi connectivity index (χ4v) is 3.78. The summed E-state index contributed by atoms with van der Waals surface area (Å²) in [7, 11) is 0. The number of hydrogen-bond donors (Lipinski definition) is 0. The maximum atomic E-state index is 14.2. The minimum atomic E-state index is -0.550. The Bertz CT molecular complexity index is 1200. The van der Waals surface area contributed by atoms with Crippen molar-refractivity contribution in [2.75, 3.05) is 0 Å². The number of hydrogen-bond acceptors (Lipinski definition) is 4. The van der Waals surface area contributed by atoms with Gasteiger partial charge in [0.2, 0.25) is 0 Å². The van der Waals surface area contributed by atoms with Crippen LogP contribution in [0.1, 0.15) is 10.5 Å². The van der Waals surface area contributed by atoms with Crippen molar-refractivity contribution in [1.82, 2.24) is 9.72 Å². The molecular weight excluding hydrogens is 365 g/mol. The summed E-state index contributed by atoms with van der Waals surface area (Å²) in [5.74, 6) is -0.437. The Kier molecular flexibility index (Phi) is 4.52. The van der Waals surface area contributed by atoms with E-state index >= 15 is 0 Å². The second-order valence-corrected chi connectivity index (χ2v) is 6.74. The molecule has 0 aliphatic carbocycles. The summed E-state index contributed by atoms with van der Waals surface area (Å²) >= 11 is 1.23. The van der Waals surface area contributed by atoms with Crippen LogP contribution in [-0.4, -0.2) is 15.6 Å². The zero-order chi connectivity index (χ0) is 18.8. The molecule has 0 saturated heterocycles. The largest absolute Gasteiger partial charge is 0.355 e. The van der Waals surface area contributed by atoms with Gasteiger partial charge < -0.3 is 9.09 Å². The molecule has 4 aromatic rings. The van der Waals surface area contributed by atoms with Crippen LogP contribution in [0.4, 0.5) is 4.39 Å². The highest BCUT2D eigenvalue weighted by Gasteiger charge is 2.15. The fourth-order valence-electron chi connectivity index (χ4n) is 2.73. The lowest BCUT2D eigenvalue weighted by Crippen LogP contribution is -2.16. The molecule has 27 heavy (non-hydrogen) atoms. The van der Waals surface area contributed by atoms with Crippen LogP contribution in [0.5, 0.6) is 0 Å². The van der Waals surface area contributed by atoms with E-state index in [9.17, 15) is 9.18 Å². The van der Waals surface area contributed by atoms with Gasteiger partial charge in [-0.3, -0.25) is 4.79 Å². The van der Waals surface area contributed by atoms with Gasteiger partial charge in [-0.2, -0.15) is 4.99 Å². The average molecular weight is 379 g/mol. The van der Waals surface area contributed by atoms with Crippen molar-refractivity contribution in [3.63, 3.8) is 0 Å². The molecule has 0 radical (unpaired) electrons. The molecule has 7 heteroatoms. The number of nitrogens with zero attached hydrogens (tertiary/aromatic N) is 3. The number of amides is 1. The van der Waals surface area contributed by atoms with Crippen LogP contribution in [0, 0.1) is 5.82 Å². The second-order valence-electron chi connectivity index (χ2n) is 5.73. The van der Waals surface area contributed by atoms with Gasteiger partial charge in [-0.05, 0) is 12.1 Å². The molecule has 0 aliphatic rings. The molecule has 134 valence electrons. The Morgan fingerprint density at radius 2 is 2.07 bits per heavy atom. The van der Waals surface area contributed by atoms with E-state index in [1.165, 1.54) is 17.4 Å². The van der Waals surface area contributed by atoms with E-state index in [-0.39, 0.29) is 11.5 Å². The van der Waals surface area contributed by atoms with E-state index in [1.807, 2.05) is 30.3 Å². The van der Waals surface area contributed by atoms with Crippen LogP contribution in [-0.2, 0) is 6.54 Å². The molecule has 0 bridgehead atoms. The van der Waals surface area contributed by atoms with Gasteiger partial charge in [-0.1, -0.05) is 59.0 Å². The number of rotatable bonds is 4. The highest BCUT2D eigenvalue weighted by atomic mass is 32.1. The fraction of sp³-hybridized carbons (Fsp3) is 0.0500. The molecule has 2 heterocycles. The monoisotopic (exact) mass is 379 g/mol. The number of halogens is 1. The number of carbonyl (C=O) groups excluding carboxylic acids is 1. The molecule has 0 N–H and O–H groups in total. The standard InChI is InChI=1S/C20H14FN3O2S/c1-2-11-24-18-14(21)9-6-10-17(18)27-20(24)22-19(25)15-12-16(26-23-15)13-7-4-3-5-8-13/h2-10,12H,1,11H2. The summed E-state index contributed by atoms with van der Waals surface area (Å²) in [5.41, 5.74) is 1.31. The van der Waals surface area contributed by atoms with Crippen molar-refractivity contribution in [2.24, 2.45) is 4.99 Å². The van der Waals surface area contributed by atoms with Crippen molar-refractivity contribution in [1.29, 1.82) is 0 Å². The Morgan fingerprint density at radius 3 is 2.85 bits per heavy atom. The predicted molar refractivity (Wildman–Crippen MR) is 102 cm³/mol. The van der Waals surface area contributed by atoms with Gasteiger partial charge in [0.15, 0.2) is 16.3 Å². The van der Waals surface area contributed by atoms with Gasteiger partial charge in [-0.25, -0.2) is 4.39 Å². The lowest BCUT2D eigenvalue weighted by atomic mass is 10.1. The third kappa shape index (κ3) is 3.24. The lowest BCUT2D eigenvalue weighted by molar-refractivity contribution is 0.0989. The molecule has 0 aliphatic heterocycles. The molecule has 2 aromatic carbocycles. The summed E-state index contributed by atoms with van der Waals surface area (Å²) in [6.45, 7) is 4.03. The van der Waals surface area contributed by atoms with Crippen LogP contribution in [0.3, 0.4) is 0 Å². The van der Waals surface area contributed by atoms with Crippen LogP contribution in [0.25, 0.3) is 21.5 Å². The van der Waals surface area contributed by atoms with Crippen molar-refractivity contribution >= 4 is 27.5 Å². The van der Waals surface area contributed by atoms with Crippen molar-refractivity contribution in [3.8, 4) is 11.3 Å². The Morgan fingerprint density at radius 1 is 1.26 bits per heavy atom. The summed E-state index contributed by atoms with van der Waals surface area (Å²) < 4.78 is 21.8. The van der Waals surface area contributed by atoms with Gasteiger partial charge in [0.1, 0.15) is 5.82 Å². The smallest absolute Gasteiger partial charge is 0.301 e. The highest BCUT2D eigenvalue weighted by Crippen LogP contribution is 2.22. The van der Waals surface area contributed by atoms with Crippen molar-refractivity contribution in [3.05, 3.63) is 83.6 Å². The maximum Gasteiger partial charge on any atom is 0.301 e. The molecule has 1 amide bonds. The zero-order valence-corrected chi connectivity index (χ0v) is 14.9.